The standard InChI is InChI=1S/C19H28N4O3/c1-21(13-18(24)20-15-3-4-15)14-19(25)23-11-9-22(10-12-23)16-5-7-17(26-2)8-6-16/h5-8,15H,3-4,9-14H2,1-2H3,(H,20,24). The number of carbonyl (C=O) groups is 2. The highest BCUT2D eigenvalue weighted by atomic mass is 16.5. The van der Waals surface area contributed by atoms with Gasteiger partial charge in [0, 0.05) is 37.9 Å². The molecule has 1 aliphatic carbocycles. The summed E-state index contributed by atoms with van der Waals surface area (Å²) in [7, 11) is 3.48. The molecule has 2 aliphatic rings. The number of ether oxygens (including phenoxy) is 1. The van der Waals surface area contributed by atoms with Crippen molar-refractivity contribution in [2.24, 2.45) is 0 Å². The second kappa shape index (κ2) is 8.40. The highest BCUT2D eigenvalue weighted by molar-refractivity contribution is 5.81. The summed E-state index contributed by atoms with van der Waals surface area (Å²) in [5, 5.41) is 2.95. The van der Waals surface area contributed by atoms with Gasteiger partial charge in [0.05, 0.1) is 20.2 Å². The van der Waals surface area contributed by atoms with E-state index in [0.717, 1.165) is 37.4 Å². The maximum atomic E-state index is 12.5. The Labute approximate surface area is 154 Å². The maximum absolute atomic E-state index is 12.5. The number of benzene rings is 1. The Balaban J connectivity index is 1.41. The number of anilines is 1. The number of hydrogen-bond donors (Lipinski definition) is 1. The number of amides is 2. The molecule has 1 saturated heterocycles. The minimum absolute atomic E-state index is 0.00660. The molecule has 3 rings (SSSR count). The molecular weight excluding hydrogens is 332 g/mol. The smallest absolute Gasteiger partial charge is 0.236 e. The summed E-state index contributed by atoms with van der Waals surface area (Å²) < 4.78 is 5.19. The molecule has 7 nitrogen and oxygen atoms in total. The normalized spacial score (nSPS) is 17.3. The van der Waals surface area contributed by atoms with Crippen LogP contribution in [-0.4, -0.2) is 81.1 Å². The molecular formula is C19H28N4O3. The summed E-state index contributed by atoms with van der Waals surface area (Å²) in [6.45, 7) is 3.57. The zero-order chi connectivity index (χ0) is 18.5. The number of piperazine rings is 1. The third-order valence-corrected chi connectivity index (χ3v) is 4.83. The monoisotopic (exact) mass is 360 g/mol. The van der Waals surface area contributed by atoms with Crippen molar-refractivity contribution in [2.45, 2.75) is 18.9 Å². The van der Waals surface area contributed by atoms with Crippen LogP contribution in [0.25, 0.3) is 0 Å². The lowest BCUT2D eigenvalue weighted by Gasteiger charge is -2.36. The largest absolute Gasteiger partial charge is 0.497 e. The fourth-order valence-electron chi connectivity index (χ4n) is 3.14. The molecule has 1 N–H and O–H groups in total. The lowest BCUT2D eigenvalue weighted by Crippen LogP contribution is -2.51. The van der Waals surface area contributed by atoms with E-state index in [1.165, 1.54) is 0 Å². The zero-order valence-corrected chi connectivity index (χ0v) is 15.6. The molecule has 1 aromatic rings. The van der Waals surface area contributed by atoms with Crippen molar-refractivity contribution in [3.63, 3.8) is 0 Å². The number of carbonyl (C=O) groups excluding carboxylic acids is 2. The number of rotatable bonds is 7. The van der Waals surface area contributed by atoms with E-state index >= 15 is 0 Å². The van der Waals surface area contributed by atoms with Crippen molar-refractivity contribution in [1.29, 1.82) is 0 Å². The van der Waals surface area contributed by atoms with Crippen LogP contribution in [-0.2, 0) is 9.59 Å². The van der Waals surface area contributed by atoms with Gasteiger partial charge in [0.15, 0.2) is 0 Å². The van der Waals surface area contributed by atoms with E-state index in [0.29, 0.717) is 19.1 Å². The maximum Gasteiger partial charge on any atom is 0.236 e. The van der Waals surface area contributed by atoms with Gasteiger partial charge in [0.1, 0.15) is 5.75 Å². The fraction of sp³-hybridized carbons (Fsp3) is 0.579. The van der Waals surface area contributed by atoms with Gasteiger partial charge >= 0.3 is 0 Å². The van der Waals surface area contributed by atoms with Crippen LogP contribution in [0.15, 0.2) is 24.3 Å². The van der Waals surface area contributed by atoms with Crippen LogP contribution in [0.1, 0.15) is 12.8 Å². The average molecular weight is 360 g/mol. The minimum atomic E-state index is 0.00660. The van der Waals surface area contributed by atoms with Crippen molar-refractivity contribution >= 4 is 17.5 Å². The predicted molar refractivity (Wildman–Crippen MR) is 100 cm³/mol. The van der Waals surface area contributed by atoms with Crippen LogP contribution in [0.2, 0.25) is 0 Å². The molecule has 1 saturated carbocycles. The molecule has 1 aliphatic heterocycles. The number of likely N-dealkylation sites (N-methyl/N-ethyl adjacent to an activating group) is 1. The van der Waals surface area contributed by atoms with E-state index in [9.17, 15) is 9.59 Å². The van der Waals surface area contributed by atoms with Gasteiger partial charge in [-0.1, -0.05) is 0 Å². The van der Waals surface area contributed by atoms with Crippen LogP contribution in [0.3, 0.4) is 0 Å². The van der Waals surface area contributed by atoms with E-state index in [2.05, 4.69) is 10.2 Å². The number of methoxy groups -OCH3 is 1. The summed E-state index contributed by atoms with van der Waals surface area (Å²) in [5.41, 5.74) is 1.15. The Bertz CT molecular complexity index is 622. The van der Waals surface area contributed by atoms with Crippen molar-refractivity contribution in [3.05, 3.63) is 24.3 Å². The molecule has 26 heavy (non-hydrogen) atoms. The van der Waals surface area contributed by atoms with Crippen LogP contribution < -0.4 is 15.0 Å². The van der Waals surface area contributed by atoms with Crippen molar-refractivity contribution in [1.82, 2.24) is 15.1 Å². The van der Waals surface area contributed by atoms with Gasteiger partial charge in [0.25, 0.3) is 0 Å². The zero-order valence-electron chi connectivity index (χ0n) is 15.6. The van der Waals surface area contributed by atoms with Gasteiger partial charge in [-0.25, -0.2) is 0 Å². The Morgan fingerprint density at radius 3 is 2.35 bits per heavy atom. The van der Waals surface area contributed by atoms with Crippen molar-refractivity contribution < 1.29 is 14.3 Å². The molecule has 0 atom stereocenters. The minimum Gasteiger partial charge on any atom is -0.497 e. The molecule has 0 bridgehead atoms. The molecule has 2 fully saturated rings. The van der Waals surface area contributed by atoms with Gasteiger partial charge in [-0.05, 0) is 44.2 Å². The van der Waals surface area contributed by atoms with E-state index in [4.69, 9.17) is 4.74 Å². The van der Waals surface area contributed by atoms with Crippen LogP contribution in [0.4, 0.5) is 5.69 Å². The first kappa shape index (κ1) is 18.5. The molecule has 0 radical (unpaired) electrons. The van der Waals surface area contributed by atoms with Crippen molar-refractivity contribution in [2.75, 3.05) is 58.3 Å². The molecule has 1 heterocycles. The van der Waals surface area contributed by atoms with Gasteiger partial charge in [-0.2, -0.15) is 0 Å². The Kier molecular flexibility index (Phi) is 5.98. The molecule has 1 aromatic carbocycles. The summed E-state index contributed by atoms with van der Waals surface area (Å²) in [6, 6.07) is 8.35. The molecule has 2 amide bonds. The highest BCUT2D eigenvalue weighted by Crippen LogP contribution is 2.20. The highest BCUT2D eigenvalue weighted by Gasteiger charge is 2.25. The Morgan fingerprint density at radius 2 is 1.77 bits per heavy atom. The first-order valence-corrected chi connectivity index (χ1v) is 9.20. The first-order valence-electron chi connectivity index (χ1n) is 9.20. The number of hydrogen-bond acceptors (Lipinski definition) is 5. The summed E-state index contributed by atoms with van der Waals surface area (Å²) in [4.78, 5) is 30.2. The molecule has 0 unspecified atom stereocenters. The van der Waals surface area contributed by atoms with Gasteiger partial charge < -0.3 is 19.9 Å². The lowest BCUT2D eigenvalue weighted by atomic mass is 10.2. The van der Waals surface area contributed by atoms with Crippen LogP contribution in [0.5, 0.6) is 5.75 Å². The molecule has 0 aromatic heterocycles. The lowest BCUT2D eigenvalue weighted by molar-refractivity contribution is -0.133. The topological polar surface area (TPSA) is 65.1 Å². The Morgan fingerprint density at radius 1 is 1.12 bits per heavy atom. The van der Waals surface area contributed by atoms with Crippen LogP contribution >= 0.6 is 0 Å². The third kappa shape index (κ3) is 5.11. The Hall–Kier alpha value is -2.28. The SMILES string of the molecule is COc1ccc(N2CCN(C(=O)CN(C)CC(=O)NC3CC3)CC2)cc1. The van der Waals surface area contributed by atoms with Gasteiger partial charge in [0.2, 0.25) is 11.8 Å². The molecule has 0 spiro atoms. The average Bonchev–Trinajstić information content (AvgIpc) is 3.45. The number of nitrogens with zero attached hydrogens (tertiary/aromatic N) is 3. The van der Waals surface area contributed by atoms with E-state index in [1.54, 1.807) is 12.0 Å². The molecule has 142 valence electrons. The summed E-state index contributed by atoms with van der Waals surface area (Å²) in [6.07, 6.45) is 2.15. The summed E-state index contributed by atoms with van der Waals surface area (Å²) >= 11 is 0. The second-order valence-corrected chi connectivity index (χ2v) is 7.08. The third-order valence-electron chi connectivity index (χ3n) is 4.83. The predicted octanol–water partition coefficient (Wildman–Crippen LogP) is 0.554. The van der Waals surface area contributed by atoms with Crippen molar-refractivity contribution in [3.8, 4) is 5.75 Å². The second-order valence-electron chi connectivity index (χ2n) is 7.08. The number of nitrogens with one attached hydrogen (secondary N) is 1. The van der Waals surface area contributed by atoms with Crippen LogP contribution in [0, 0.1) is 0 Å². The molecule has 7 heteroatoms. The summed E-state index contributed by atoms with van der Waals surface area (Å²) in [5.74, 6) is 0.935. The fourth-order valence-corrected chi connectivity index (χ4v) is 3.14. The van der Waals surface area contributed by atoms with E-state index in [-0.39, 0.29) is 24.9 Å². The van der Waals surface area contributed by atoms with E-state index in [1.807, 2.05) is 36.2 Å². The van der Waals surface area contributed by atoms with E-state index < -0.39 is 0 Å². The van der Waals surface area contributed by atoms with Gasteiger partial charge in [-0.15, -0.1) is 0 Å². The first-order chi connectivity index (χ1) is 12.5. The van der Waals surface area contributed by atoms with Gasteiger partial charge in [-0.3, -0.25) is 14.5 Å². The quantitative estimate of drug-likeness (QED) is 0.770.